The summed E-state index contributed by atoms with van der Waals surface area (Å²) in [7, 11) is 3.40. The van der Waals surface area contributed by atoms with Crippen LogP contribution in [0.5, 0.6) is 0 Å². The molecule has 2 amide bonds. The fraction of sp³-hybridized carbons (Fsp3) is 0.500. The van der Waals surface area contributed by atoms with Crippen LogP contribution in [0.1, 0.15) is 6.92 Å². The third kappa shape index (κ3) is 2.95. The molecule has 1 fully saturated rings. The van der Waals surface area contributed by atoms with Crippen LogP contribution in [0.3, 0.4) is 0 Å². The Morgan fingerprint density at radius 1 is 1.41 bits per heavy atom. The summed E-state index contributed by atoms with van der Waals surface area (Å²) in [5.74, 6) is -0.544. The predicted molar refractivity (Wildman–Crippen MR) is 96.9 cm³/mol. The number of hydrogen-bond donors (Lipinski definition) is 0. The van der Waals surface area contributed by atoms with Crippen molar-refractivity contribution in [2.45, 2.75) is 19.0 Å². The van der Waals surface area contributed by atoms with Crippen LogP contribution in [0.4, 0.5) is 8.78 Å². The van der Waals surface area contributed by atoms with Gasteiger partial charge in [0.05, 0.1) is 12.2 Å². The van der Waals surface area contributed by atoms with Gasteiger partial charge >= 0.3 is 0 Å². The normalized spacial score (nSPS) is 28.9. The van der Waals surface area contributed by atoms with E-state index >= 15 is 0 Å². The third-order valence-electron chi connectivity index (χ3n) is 5.23. The summed E-state index contributed by atoms with van der Waals surface area (Å²) in [6, 6.07) is -0.407. The van der Waals surface area contributed by atoms with Crippen molar-refractivity contribution < 1.29 is 18.4 Å². The number of carbonyl (C=O) groups excluding carboxylic acids is 2. The average Bonchev–Trinajstić information content (AvgIpc) is 2.92. The van der Waals surface area contributed by atoms with Crippen molar-refractivity contribution in [2.75, 3.05) is 40.4 Å². The summed E-state index contributed by atoms with van der Waals surface area (Å²) in [4.78, 5) is 35.4. The van der Waals surface area contributed by atoms with Gasteiger partial charge in [0, 0.05) is 31.8 Å². The molecule has 146 valence electrons. The fourth-order valence-electron chi connectivity index (χ4n) is 3.88. The highest BCUT2D eigenvalue weighted by molar-refractivity contribution is 6.12. The monoisotopic (exact) mass is 379 g/mol. The zero-order valence-corrected chi connectivity index (χ0v) is 15.7. The fourth-order valence-corrected chi connectivity index (χ4v) is 3.88. The first-order valence-corrected chi connectivity index (χ1v) is 8.72. The highest BCUT2D eigenvalue weighted by Crippen LogP contribution is 2.40. The molecule has 0 radical (unpaired) electrons. The Hall–Kier alpha value is -2.55. The number of fused-ring (bicyclic) bond motifs is 2. The van der Waals surface area contributed by atoms with E-state index in [0.717, 1.165) is 0 Å². The smallest absolute Gasteiger partial charge is 0.252 e. The Morgan fingerprint density at radius 3 is 2.67 bits per heavy atom. The topological polar surface area (TPSA) is 59.5 Å². The van der Waals surface area contributed by atoms with Crippen LogP contribution in [-0.4, -0.2) is 90.2 Å². The van der Waals surface area contributed by atoms with Crippen LogP contribution in [0, 0.1) is 0 Å². The van der Waals surface area contributed by atoms with E-state index in [2.05, 4.69) is 16.5 Å². The van der Waals surface area contributed by atoms with E-state index in [9.17, 15) is 18.4 Å². The van der Waals surface area contributed by atoms with Crippen LogP contribution in [0.25, 0.3) is 0 Å². The number of aliphatic imine (C=N–C) groups is 1. The van der Waals surface area contributed by atoms with Crippen molar-refractivity contribution in [3.63, 3.8) is 0 Å². The van der Waals surface area contributed by atoms with E-state index in [-0.39, 0.29) is 30.2 Å². The number of alkyl halides is 1. The molecule has 2 atom stereocenters. The minimum absolute atomic E-state index is 0.137. The maximum Gasteiger partial charge on any atom is 0.252 e. The Kier molecular flexibility index (Phi) is 5.14. The standard InChI is InChI=1S/C18H23F2N5O2/c1-11(20)7-13-15-17(25(10-26)16(13)21-3)23(6-5-19)18(27)14-9-22(4)12(2)8-24(14)15/h7,10,12,14H,1,5-6,8-9H2,2-4H3/b13-7-,21-16+. The van der Waals surface area contributed by atoms with E-state index in [1.54, 1.807) is 0 Å². The predicted octanol–water partition coefficient (Wildman–Crippen LogP) is 0.882. The molecule has 3 rings (SSSR count). The molecule has 2 unspecified atom stereocenters. The number of rotatable bonds is 4. The molecule has 3 heterocycles. The molecule has 0 aliphatic carbocycles. The van der Waals surface area contributed by atoms with Gasteiger partial charge in [0.15, 0.2) is 0 Å². The number of likely N-dealkylation sites (N-methyl/N-ethyl adjacent to an activating group) is 1. The second kappa shape index (κ2) is 7.22. The van der Waals surface area contributed by atoms with Gasteiger partial charge in [-0.05, 0) is 20.0 Å². The zero-order valence-electron chi connectivity index (χ0n) is 15.7. The summed E-state index contributed by atoms with van der Waals surface area (Å²) in [6.07, 6.45) is 1.71. The summed E-state index contributed by atoms with van der Waals surface area (Å²) in [5, 5.41) is 0. The van der Waals surface area contributed by atoms with E-state index in [1.807, 2.05) is 18.9 Å². The largest absolute Gasteiger partial charge is 0.353 e. The van der Waals surface area contributed by atoms with E-state index in [0.29, 0.717) is 30.8 Å². The van der Waals surface area contributed by atoms with Crippen molar-refractivity contribution in [2.24, 2.45) is 4.99 Å². The number of amides is 2. The molecule has 3 aliphatic heterocycles. The van der Waals surface area contributed by atoms with Gasteiger partial charge in [-0.2, -0.15) is 0 Å². The van der Waals surface area contributed by atoms with Gasteiger partial charge in [0.25, 0.3) is 5.91 Å². The number of halogens is 2. The first kappa shape index (κ1) is 19.2. The zero-order chi connectivity index (χ0) is 19.9. The minimum Gasteiger partial charge on any atom is -0.353 e. The molecule has 0 aromatic carbocycles. The molecule has 0 spiro atoms. The molecule has 3 aliphatic rings. The lowest BCUT2D eigenvalue weighted by atomic mass is 10.00. The number of piperazine rings is 1. The summed E-state index contributed by atoms with van der Waals surface area (Å²) >= 11 is 0. The summed E-state index contributed by atoms with van der Waals surface area (Å²) in [6.45, 7) is 5.31. The first-order valence-electron chi connectivity index (χ1n) is 8.72. The number of carbonyl (C=O) groups is 2. The molecule has 0 N–H and O–H groups in total. The molecule has 0 saturated carbocycles. The summed E-state index contributed by atoms with van der Waals surface area (Å²) < 4.78 is 26.9. The quantitative estimate of drug-likeness (QED) is 0.681. The highest BCUT2D eigenvalue weighted by Gasteiger charge is 2.50. The molecule has 9 heteroatoms. The second-order valence-electron chi connectivity index (χ2n) is 6.84. The molecule has 7 nitrogen and oxygen atoms in total. The van der Waals surface area contributed by atoms with Crippen molar-refractivity contribution >= 4 is 18.2 Å². The van der Waals surface area contributed by atoms with Gasteiger partial charge < -0.3 is 4.90 Å². The maximum absolute atomic E-state index is 13.7. The van der Waals surface area contributed by atoms with Crippen LogP contribution in [0.2, 0.25) is 0 Å². The Labute approximate surface area is 156 Å². The van der Waals surface area contributed by atoms with Crippen molar-refractivity contribution in [1.82, 2.24) is 19.6 Å². The van der Waals surface area contributed by atoms with Crippen LogP contribution in [0.15, 0.2) is 40.6 Å². The third-order valence-corrected chi connectivity index (χ3v) is 5.23. The lowest BCUT2D eigenvalue weighted by molar-refractivity contribution is -0.141. The number of hydrogen-bond acceptors (Lipinski definition) is 5. The number of amidine groups is 1. The average molecular weight is 379 g/mol. The lowest BCUT2D eigenvalue weighted by Gasteiger charge is -2.49. The van der Waals surface area contributed by atoms with Crippen LogP contribution >= 0.6 is 0 Å². The molecule has 0 aromatic heterocycles. The Morgan fingerprint density at radius 2 is 2.11 bits per heavy atom. The summed E-state index contributed by atoms with van der Waals surface area (Å²) in [5.41, 5.74) is 0.879. The van der Waals surface area contributed by atoms with Crippen molar-refractivity contribution in [3.8, 4) is 0 Å². The molecule has 27 heavy (non-hydrogen) atoms. The van der Waals surface area contributed by atoms with Crippen LogP contribution in [-0.2, 0) is 9.59 Å². The van der Waals surface area contributed by atoms with E-state index in [1.165, 1.54) is 22.9 Å². The SMILES string of the molecule is C=C(F)/C=C1/C2=C(N(CCF)C(=O)C3CN(C)C(C)CN23)N(C=O)/C1=N/C. The first-order chi connectivity index (χ1) is 12.8. The van der Waals surface area contributed by atoms with Crippen molar-refractivity contribution in [1.29, 1.82) is 0 Å². The van der Waals surface area contributed by atoms with Crippen molar-refractivity contribution in [3.05, 3.63) is 35.6 Å². The van der Waals surface area contributed by atoms with Gasteiger partial charge in [-0.1, -0.05) is 6.58 Å². The van der Waals surface area contributed by atoms with Crippen LogP contribution < -0.4 is 0 Å². The van der Waals surface area contributed by atoms with E-state index < -0.39 is 18.5 Å². The molecule has 0 bridgehead atoms. The number of nitrogens with zero attached hydrogens (tertiary/aromatic N) is 5. The van der Waals surface area contributed by atoms with Gasteiger partial charge in [0.2, 0.25) is 6.41 Å². The van der Waals surface area contributed by atoms with Gasteiger partial charge in [-0.3, -0.25) is 24.4 Å². The Balaban J connectivity index is 2.25. The van der Waals surface area contributed by atoms with E-state index in [4.69, 9.17) is 0 Å². The lowest BCUT2D eigenvalue weighted by Crippen LogP contribution is -2.64. The molecular weight excluding hydrogens is 356 g/mol. The highest BCUT2D eigenvalue weighted by atomic mass is 19.1. The Bertz CT molecular complexity index is 776. The maximum atomic E-state index is 13.7. The molecular formula is C18H23F2N5O2. The minimum atomic E-state index is -0.762. The van der Waals surface area contributed by atoms with Gasteiger partial charge in [-0.15, -0.1) is 0 Å². The van der Waals surface area contributed by atoms with Gasteiger partial charge in [-0.25, -0.2) is 13.7 Å². The second-order valence-corrected chi connectivity index (χ2v) is 6.84. The number of allylic oxidation sites excluding steroid dienone is 2. The molecule has 1 saturated heterocycles. The molecule has 0 aromatic rings. The van der Waals surface area contributed by atoms with Gasteiger partial charge in [0.1, 0.15) is 30.2 Å².